The lowest BCUT2D eigenvalue weighted by molar-refractivity contribution is 0.602. The molecule has 0 radical (unpaired) electrons. The Morgan fingerprint density at radius 1 is 0.241 bits per heavy atom. The highest BCUT2D eigenvalue weighted by atomic mass is 32.1. The average molecular weight is 1760 g/mol. The molecule has 640 valence electrons. The van der Waals surface area contributed by atoms with Crippen LogP contribution in [-0.4, -0.2) is 15.0 Å². The molecule has 0 amide bonds. The number of fused-ring (bicyclic) bond motifs is 39. The molecule has 0 saturated carbocycles. The Balaban J connectivity index is 0.000000102. The Morgan fingerprint density at radius 3 is 1.22 bits per heavy atom. The summed E-state index contributed by atoms with van der Waals surface area (Å²) in [5, 5.41) is 8.82. The zero-order chi connectivity index (χ0) is 89.7. The quantitative estimate of drug-likeness (QED) is 0.166. The lowest BCUT2D eigenvalue weighted by Crippen LogP contribution is -2.26. The molecule has 0 fully saturated rings. The molecule has 5 nitrogen and oxygen atoms in total. The number of aromatic nitrogens is 3. The first kappa shape index (κ1) is 77.8. The molecule has 6 unspecified atom stereocenters. The molecule has 137 heavy (non-hydrogen) atoms. The number of oxazole rings is 2. The molecule has 3 heterocycles. The first-order valence-corrected chi connectivity index (χ1v) is 48.6. The van der Waals surface area contributed by atoms with Gasteiger partial charge in [-0.3, -0.25) is 0 Å². The fraction of sp³-hybridized carbons (Fsp3) is 0.0611. The molecule has 10 aliphatic carbocycles. The van der Waals surface area contributed by atoms with Crippen molar-refractivity contribution in [3.8, 4) is 78.0 Å². The number of hydrogen-bond acceptors (Lipinski definition) is 6. The summed E-state index contributed by atoms with van der Waals surface area (Å²) in [6.07, 6.45) is 35.4. The summed E-state index contributed by atoms with van der Waals surface area (Å²) < 4.78 is 14.4. The number of thiazole rings is 1. The van der Waals surface area contributed by atoms with E-state index in [-0.39, 0.29) is 23.7 Å². The van der Waals surface area contributed by atoms with Crippen molar-refractivity contribution in [3.05, 3.63) is 544 Å². The smallest absolute Gasteiger partial charge is 0.227 e. The van der Waals surface area contributed by atoms with Gasteiger partial charge in [0.05, 0.1) is 21.0 Å². The van der Waals surface area contributed by atoms with E-state index in [9.17, 15) is 0 Å². The number of hydrogen-bond donors (Lipinski definition) is 0. The lowest BCUT2D eigenvalue weighted by Gasteiger charge is -2.32. The van der Waals surface area contributed by atoms with Crippen LogP contribution in [0, 0.1) is 17.8 Å². The molecule has 6 atom stereocenters. The van der Waals surface area contributed by atoms with Gasteiger partial charge in [-0.05, 0) is 250 Å². The standard InChI is InChI=1S/2C50H31NO.C31H21NS/c1-2-11-32(12-3-1)49-51-45-27-23-31-18-19-35-28-33(21-24-36(35)46(31)48(45)52-49)34-22-25-40-41-26-20-30-10-4-5-13-37(30)47(41)50(44(40)29-34)42-16-8-6-14-38(42)39-15-7-9-17-43(39)50;1-2-10-31(11-3-1)49-51-46-25-22-30-18-19-36-26-34(20-23-37(36)47(30)48(46)52-49)35-21-24-40-41-27-32-12-4-5-13-33(32)28-45(41)50(44(40)29-35)42-16-8-6-14-38(42)39-15-7-9-17-43(39)50;1-2-7-23(8-3-1)31-32-28-17-16-22-13-11-21-12-15-26(19-27(21)29(22)30(28)33-31)25-14-10-20-6-4-5-9-24(20)18-25/h1-29,35-36H;1-29,36-37H;1-19,21,27H. The fourth-order valence-corrected chi connectivity index (χ4v) is 26.0. The van der Waals surface area contributed by atoms with Crippen LogP contribution < -0.4 is 0 Å². The van der Waals surface area contributed by atoms with E-state index in [4.69, 9.17) is 23.8 Å². The Kier molecular flexibility index (Phi) is 17.2. The summed E-state index contributed by atoms with van der Waals surface area (Å²) in [6, 6.07) is 137. The minimum atomic E-state index is -0.408. The van der Waals surface area contributed by atoms with Gasteiger partial charge in [0.1, 0.15) is 16.0 Å². The Hall–Kier alpha value is -16.8. The highest BCUT2D eigenvalue weighted by Gasteiger charge is 2.54. The zero-order valence-electron chi connectivity index (χ0n) is 74.5. The zero-order valence-corrected chi connectivity index (χ0v) is 75.3. The molecule has 18 aromatic carbocycles. The van der Waals surface area contributed by atoms with Crippen LogP contribution in [0.15, 0.2) is 458 Å². The minimum Gasteiger partial charge on any atom is -0.436 e. The van der Waals surface area contributed by atoms with Gasteiger partial charge in [0.25, 0.3) is 0 Å². The van der Waals surface area contributed by atoms with E-state index in [0.29, 0.717) is 23.6 Å². The van der Waals surface area contributed by atoms with Gasteiger partial charge in [0.2, 0.25) is 11.8 Å². The van der Waals surface area contributed by atoms with Crippen molar-refractivity contribution in [3.63, 3.8) is 0 Å². The van der Waals surface area contributed by atoms with Crippen LogP contribution in [0.25, 0.3) is 178 Å². The molecule has 31 rings (SSSR count). The maximum absolute atomic E-state index is 6.54. The van der Waals surface area contributed by atoms with Crippen molar-refractivity contribution < 1.29 is 8.83 Å². The first-order chi connectivity index (χ1) is 67.9. The van der Waals surface area contributed by atoms with Gasteiger partial charge in [-0.1, -0.05) is 394 Å². The summed E-state index contributed by atoms with van der Waals surface area (Å²) in [4.78, 5) is 14.8. The lowest BCUT2D eigenvalue weighted by atomic mass is 9.69. The van der Waals surface area contributed by atoms with Crippen LogP contribution in [0.5, 0.6) is 0 Å². The van der Waals surface area contributed by atoms with Gasteiger partial charge in [0.15, 0.2) is 11.2 Å². The largest absolute Gasteiger partial charge is 0.436 e. The second kappa shape index (κ2) is 30.4. The topological polar surface area (TPSA) is 65.0 Å². The second-order valence-electron chi connectivity index (χ2n) is 38.0. The summed E-state index contributed by atoms with van der Waals surface area (Å²) in [7, 11) is 0. The highest BCUT2D eigenvalue weighted by molar-refractivity contribution is 7.21. The van der Waals surface area contributed by atoms with E-state index in [1.165, 1.54) is 198 Å². The van der Waals surface area contributed by atoms with Gasteiger partial charge in [0, 0.05) is 63.3 Å². The predicted molar refractivity (Wildman–Crippen MR) is 566 cm³/mol. The molecule has 0 N–H and O–H groups in total. The van der Waals surface area contributed by atoms with E-state index in [2.05, 4.69) is 431 Å². The van der Waals surface area contributed by atoms with E-state index < -0.39 is 10.8 Å². The summed E-state index contributed by atoms with van der Waals surface area (Å²) in [5.41, 5.74) is 43.8. The monoisotopic (exact) mass is 1760 g/mol. The molecular weight excluding hydrogens is 1680 g/mol. The van der Waals surface area contributed by atoms with Crippen LogP contribution in [-0.2, 0) is 10.8 Å². The van der Waals surface area contributed by atoms with Gasteiger partial charge in [-0.2, -0.15) is 0 Å². The first-order valence-electron chi connectivity index (χ1n) is 47.8. The van der Waals surface area contributed by atoms with Crippen molar-refractivity contribution >= 4 is 111 Å². The Morgan fingerprint density at radius 2 is 0.642 bits per heavy atom. The third kappa shape index (κ3) is 11.8. The van der Waals surface area contributed by atoms with Crippen LogP contribution in [0.1, 0.15) is 112 Å². The molecule has 2 spiro atoms. The van der Waals surface area contributed by atoms with Crippen molar-refractivity contribution in [2.24, 2.45) is 17.8 Å². The normalized spacial score (nSPS) is 18.3. The van der Waals surface area contributed by atoms with Crippen LogP contribution >= 0.6 is 11.3 Å². The van der Waals surface area contributed by atoms with Crippen molar-refractivity contribution in [2.45, 2.75) is 28.6 Å². The van der Waals surface area contributed by atoms with Crippen LogP contribution in [0.4, 0.5) is 0 Å². The van der Waals surface area contributed by atoms with E-state index in [0.717, 1.165) is 43.9 Å². The number of rotatable bonds is 6. The maximum Gasteiger partial charge on any atom is 0.227 e. The SMILES string of the molecule is C1=CC2C=Cc3ccc4nc(-c5ccccc5)sc4c3C2C=C1c1ccc2ccccc2c1.C1=CC2c3c(ccc4nc(-c5ccccc5)oc34)C=CC2C=C1c1ccc2c(c1)C1(c3ccccc3-c3ccccc31)c1c-2ccc2ccccc12.C1=CC2c3c(ccc4nc(-c5ccccc5)oc34)C=CC2C=C1c1ccc2c(c1)C1(c3ccccc3-c3ccccc31)c1cc3ccccc3cc1-2. The molecule has 21 aromatic rings. The molecule has 0 bridgehead atoms. The van der Waals surface area contributed by atoms with Crippen molar-refractivity contribution in [2.75, 3.05) is 0 Å². The van der Waals surface area contributed by atoms with Gasteiger partial charge < -0.3 is 8.83 Å². The van der Waals surface area contributed by atoms with Crippen molar-refractivity contribution in [1.29, 1.82) is 0 Å². The summed E-state index contributed by atoms with van der Waals surface area (Å²) in [6.45, 7) is 0. The molecule has 6 heteroatoms. The second-order valence-corrected chi connectivity index (χ2v) is 39.0. The highest BCUT2D eigenvalue weighted by Crippen LogP contribution is 2.67. The van der Waals surface area contributed by atoms with Gasteiger partial charge in [-0.15, -0.1) is 11.3 Å². The third-order valence-corrected chi connectivity index (χ3v) is 32.1. The summed E-state index contributed by atoms with van der Waals surface area (Å²) in [5.74, 6) is 2.81. The minimum absolute atomic E-state index is 0.175. The van der Waals surface area contributed by atoms with Crippen LogP contribution in [0.3, 0.4) is 0 Å². The van der Waals surface area contributed by atoms with Gasteiger partial charge >= 0.3 is 0 Å². The Bertz CT molecular complexity index is 8980. The third-order valence-electron chi connectivity index (χ3n) is 30.9. The number of benzene rings is 18. The van der Waals surface area contributed by atoms with E-state index in [1.807, 2.05) is 47.7 Å². The number of allylic oxidation sites excluding steroid dienone is 15. The van der Waals surface area contributed by atoms with Gasteiger partial charge in [-0.25, -0.2) is 15.0 Å². The van der Waals surface area contributed by atoms with Crippen LogP contribution in [0.2, 0.25) is 0 Å². The van der Waals surface area contributed by atoms with E-state index in [1.54, 1.807) is 0 Å². The predicted octanol–water partition coefficient (Wildman–Crippen LogP) is 33.2. The molecule has 0 aliphatic heterocycles. The van der Waals surface area contributed by atoms with Crippen molar-refractivity contribution in [1.82, 2.24) is 15.0 Å². The molecule has 10 aliphatic rings. The summed E-state index contributed by atoms with van der Waals surface area (Å²) >= 11 is 1.82. The number of nitrogens with zero attached hydrogens (tertiary/aromatic N) is 3. The molecule has 3 aromatic heterocycles. The molecule has 0 saturated heterocycles. The van der Waals surface area contributed by atoms with E-state index >= 15 is 0 Å². The average Bonchev–Trinajstić information content (AvgIpc) is 1.51. The maximum atomic E-state index is 6.54. The Labute approximate surface area is 796 Å². The molecular formula is C131H83N3O2S. The fourth-order valence-electron chi connectivity index (χ4n) is 24.8.